The summed E-state index contributed by atoms with van der Waals surface area (Å²) in [5.74, 6) is -2.74. The number of imide groups is 1. The molecule has 2 saturated heterocycles. The van der Waals surface area contributed by atoms with Crippen LogP contribution in [0.2, 0.25) is 4.34 Å². The Morgan fingerprint density at radius 2 is 1.98 bits per heavy atom. The molecule has 5 amide bonds. The number of morpholine rings is 1. The summed E-state index contributed by atoms with van der Waals surface area (Å²) in [7, 11) is 0. The molecule has 0 spiro atoms. The van der Waals surface area contributed by atoms with Crippen molar-refractivity contribution in [1.82, 2.24) is 10.2 Å². The summed E-state index contributed by atoms with van der Waals surface area (Å²) in [6.45, 7) is 1.67. The summed E-state index contributed by atoms with van der Waals surface area (Å²) in [6.07, 6.45) is -2.16. The van der Waals surface area contributed by atoms with Gasteiger partial charge in [0.1, 0.15) is 24.6 Å². The molecule has 1 unspecified atom stereocenters. The molecule has 4 N–H and O–H groups in total. The maximum atomic E-state index is 15.2. The molecule has 1 aromatic carbocycles. The summed E-state index contributed by atoms with van der Waals surface area (Å²) in [4.78, 5) is 67.0. The number of aliphatic hydroxyl groups is 1. The van der Waals surface area contributed by atoms with Gasteiger partial charge in [-0.15, -0.1) is 23.7 Å². The number of thiophene rings is 1. The molecule has 17 heteroatoms. The molecule has 3 heterocycles. The highest BCUT2D eigenvalue weighted by Gasteiger charge is 2.38. The van der Waals surface area contributed by atoms with E-state index in [9.17, 15) is 29.1 Å². The number of halogens is 3. The van der Waals surface area contributed by atoms with Gasteiger partial charge in [0.05, 0.1) is 40.7 Å². The number of hydrogen-bond donors (Lipinski definition) is 3. The van der Waals surface area contributed by atoms with E-state index in [0.717, 1.165) is 27.2 Å². The van der Waals surface area contributed by atoms with Crippen molar-refractivity contribution in [3.8, 4) is 0 Å². The molecule has 2 aromatic rings. The summed E-state index contributed by atoms with van der Waals surface area (Å²) in [5.41, 5.74) is 5.84. The van der Waals surface area contributed by atoms with E-state index in [-0.39, 0.29) is 68.1 Å². The van der Waals surface area contributed by atoms with Crippen molar-refractivity contribution >= 4 is 76.4 Å². The van der Waals surface area contributed by atoms with Crippen molar-refractivity contribution in [1.29, 1.82) is 0 Å². The minimum absolute atomic E-state index is 0. The summed E-state index contributed by atoms with van der Waals surface area (Å²) in [6, 6.07) is 5.97. The lowest BCUT2D eigenvalue weighted by Gasteiger charge is -2.27. The second-order valence-corrected chi connectivity index (χ2v) is 12.0. The Balaban J connectivity index is 0.00000552. The molecule has 4 rings (SSSR count). The number of carbonyl (C=O) groups excluding carboxylic acids is 5. The number of amides is 5. The summed E-state index contributed by atoms with van der Waals surface area (Å²) in [5, 5.41) is 12.0. The van der Waals surface area contributed by atoms with Crippen LogP contribution in [-0.4, -0.2) is 97.4 Å². The standard InChI is InChI=1S/C28H33ClFN5O8S.ClH/c1-16(36)25(31)26(39)32-9-3-2-4-23(37)35(27(40)21-7-8-22(29)44-21)14-18-13-34(28(41)43-18)20-6-5-17(12-19(20)30)33-10-11-42-15-24(33)38;/h5-8,12,16,18,25,36H,2-4,9-11,13-15,31H2,1H3,(H,32,39);1H/t16?,18-,25+;/m1./s1. The number of hydrogen-bond acceptors (Lipinski definition) is 10. The average molecular weight is 691 g/mol. The molecule has 0 bridgehead atoms. The molecular formula is C28H34Cl2FN5O8S. The minimum Gasteiger partial charge on any atom is -0.442 e. The Bertz CT molecular complexity index is 1410. The van der Waals surface area contributed by atoms with Gasteiger partial charge < -0.3 is 30.5 Å². The Hall–Kier alpha value is -3.34. The Labute approximate surface area is 273 Å². The number of nitrogens with one attached hydrogen (secondary N) is 1. The second kappa shape index (κ2) is 16.3. The van der Waals surface area contributed by atoms with Crippen LogP contribution < -0.4 is 20.9 Å². The first-order chi connectivity index (χ1) is 21.0. The van der Waals surface area contributed by atoms with Crippen LogP contribution in [0.15, 0.2) is 30.3 Å². The summed E-state index contributed by atoms with van der Waals surface area (Å²) >= 11 is 6.99. The lowest BCUT2D eigenvalue weighted by atomic mass is 10.1. The van der Waals surface area contributed by atoms with E-state index in [4.69, 9.17) is 26.8 Å². The quantitative estimate of drug-likeness (QED) is 0.283. The monoisotopic (exact) mass is 689 g/mol. The van der Waals surface area contributed by atoms with Crippen LogP contribution in [0.4, 0.5) is 20.6 Å². The van der Waals surface area contributed by atoms with E-state index in [1.54, 1.807) is 0 Å². The van der Waals surface area contributed by atoms with Gasteiger partial charge >= 0.3 is 6.09 Å². The highest BCUT2D eigenvalue weighted by molar-refractivity contribution is 7.18. The topological polar surface area (TPSA) is 172 Å². The zero-order valence-electron chi connectivity index (χ0n) is 24.3. The van der Waals surface area contributed by atoms with Gasteiger partial charge in [-0.3, -0.25) is 29.0 Å². The Morgan fingerprint density at radius 3 is 2.62 bits per heavy atom. The number of rotatable bonds is 12. The van der Waals surface area contributed by atoms with E-state index < -0.39 is 47.9 Å². The Kier molecular flexibility index (Phi) is 13.1. The van der Waals surface area contributed by atoms with Gasteiger partial charge in [0, 0.05) is 25.2 Å². The van der Waals surface area contributed by atoms with Crippen molar-refractivity contribution < 1.29 is 42.9 Å². The van der Waals surface area contributed by atoms with E-state index in [2.05, 4.69) is 5.32 Å². The van der Waals surface area contributed by atoms with E-state index in [0.29, 0.717) is 29.5 Å². The molecule has 0 aliphatic carbocycles. The second-order valence-electron chi connectivity index (χ2n) is 10.3. The molecule has 13 nitrogen and oxygen atoms in total. The van der Waals surface area contributed by atoms with Crippen LogP contribution in [0.1, 0.15) is 35.9 Å². The SMILES string of the molecule is CC(O)[C@H](N)C(=O)NCCCCC(=O)N(C[C@H]1CN(c2ccc(N3CCOCC3=O)cc2F)C(=O)O1)C(=O)c1ccc(Cl)s1.Cl. The van der Waals surface area contributed by atoms with Gasteiger partial charge in [0.25, 0.3) is 11.8 Å². The maximum absolute atomic E-state index is 15.2. The van der Waals surface area contributed by atoms with E-state index >= 15 is 4.39 Å². The predicted molar refractivity (Wildman–Crippen MR) is 166 cm³/mol. The highest BCUT2D eigenvalue weighted by atomic mass is 35.5. The zero-order valence-corrected chi connectivity index (χ0v) is 26.7. The van der Waals surface area contributed by atoms with Crippen LogP contribution in [-0.2, 0) is 23.9 Å². The van der Waals surface area contributed by atoms with Crippen LogP contribution in [0, 0.1) is 5.82 Å². The smallest absolute Gasteiger partial charge is 0.414 e. The fourth-order valence-corrected chi connectivity index (χ4v) is 5.63. The molecule has 2 aliphatic rings. The molecule has 45 heavy (non-hydrogen) atoms. The molecular weight excluding hydrogens is 656 g/mol. The first-order valence-corrected chi connectivity index (χ1v) is 15.1. The zero-order chi connectivity index (χ0) is 32.0. The number of aliphatic hydroxyl groups excluding tert-OH is 1. The molecule has 2 aliphatic heterocycles. The van der Waals surface area contributed by atoms with Crippen LogP contribution in [0.3, 0.4) is 0 Å². The molecule has 0 saturated carbocycles. The molecule has 3 atom stereocenters. The first-order valence-electron chi connectivity index (χ1n) is 13.9. The fourth-order valence-electron chi connectivity index (χ4n) is 4.64. The Morgan fingerprint density at radius 1 is 1.22 bits per heavy atom. The fraction of sp³-hybridized carbons (Fsp3) is 0.464. The summed E-state index contributed by atoms with van der Waals surface area (Å²) < 4.78 is 26.0. The number of nitrogens with two attached hydrogens (primary N) is 1. The van der Waals surface area contributed by atoms with Crippen LogP contribution >= 0.6 is 35.3 Å². The van der Waals surface area contributed by atoms with E-state index in [1.165, 1.54) is 36.1 Å². The van der Waals surface area contributed by atoms with Crippen molar-refractivity contribution in [2.24, 2.45) is 5.73 Å². The number of nitrogens with zero attached hydrogens (tertiary/aromatic N) is 3. The molecule has 1 aromatic heterocycles. The molecule has 0 radical (unpaired) electrons. The van der Waals surface area contributed by atoms with Gasteiger partial charge in [-0.2, -0.15) is 0 Å². The lowest BCUT2D eigenvalue weighted by molar-refractivity contribution is -0.129. The van der Waals surface area contributed by atoms with Crippen molar-refractivity contribution in [2.75, 3.05) is 49.2 Å². The minimum atomic E-state index is -1.07. The predicted octanol–water partition coefficient (Wildman–Crippen LogP) is 2.31. The third-order valence-corrected chi connectivity index (χ3v) is 8.27. The van der Waals surface area contributed by atoms with Gasteiger partial charge in [-0.25, -0.2) is 9.18 Å². The van der Waals surface area contributed by atoms with Crippen LogP contribution in [0.5, 0.6) is 0 Å². The largest absolute Gasteiger partial charge is 0.442 e. The van der Waals surface area contributed by atoms with Crippen molar-refractivity contribution in [2.45, 2.75) is 44.4 Å². The van der Waals surface area contributed by atoms with Gasteiger partial charge in [0.15, 0.2) is 0 Å². The normalized spacial score (nSPS) is 17.8. The number of cyclic esters (lactones) is 1. The molecule has 246 valence electrons. The maximum Gasteiger partial charge on any atom is 0.414 e. The van der Waals surface area contributed by atoms with Gasteiger partial charge in [0.2, 0.25) is 11.8 Å². The van der Waals surface area contributed by atoms with Crippen molar-refractivity contribution in [3.05, 3.63) is 45.4 Å². The number of benzene rings is 1. The first kappa shape index (κ1) is 36.1. The average Bonchev–Trinajstić information content (AvgIpc) is 3.59. The van der Waals surface area contributed by atoms with E-state index in [1.807, 2.05) is 0 Å². The molecule has 2 fully saturated rings. The van der Waals surface area contributed by atoms with Gasteiger partial charge in [-0.05, 0) is 50.1 Å². The number of ether oxygens (including phenoxy) is 2. The number of anilines is 2. The third kappa shape index (κ3) is 9.11. The highest BCUT2D eigenvalue weighted by Crippen LogP contribution is 2.30. The number of unbranched alkanes of at least 4 members (excludes halogenated alkanes) is 1. The third-order valence-electron chi connectivity index (χ3n) is 7.05. The van der Waals surface area contributed by atoms with Crippen molar-refractivity contribution in [3.63, 3.8) is 0 Å². The van der Waals surface area contributed by atoms with Crippen LogP contribution in [0.25, 0.3) is 0 Å². The number of carbonyl (C=O) groups is 5. The van der Waals surface area contributed by atoms with Gasteiger partial charge in [-0.1, -0.05) is 11.6 Å². The lowest BCUT2D eigenvalue weighted by Crippen LogP contribution is -2.47.